The Balaban J connectivity index is 3.62. The van der Waals surface area contributed by atoms with E-state index in [0.29, 0.717) is 0 Å². The molecule has 2 nitrogen and oxygen atoms in total. The number of hydrogen-bond donors (Lipinski definition) is 0. The first-order valence-electron chi connectivity index (χ1n) is 7.96. The van der Waals surface area contributed by atoms with E-state index in [2.05, 4.69) is 20.8 Å². The summed E-state index contributed by atoms with van der Waals surface area (Å²) in [4.78, 5) is 0. The van der Waals surface area contributed by atoms with Crippen LogP contribution in [0, 0.1) is 0 Å². The Hall–Kier alpha value is -0.0800. The lowest BCUT2D eigenvalue weighted by Gasteiger charge is -2.29. The summed E-state index contributed by atoms with van der Waals surface area (Å²) in [6.07, 6.45) is 11.4. The van der Waals surface area contributed by atoms with Crippen molar-refractivity contribution >= 4 is 0 Å². The highest BCUT2D eigenvalue weighted by molar-refractivity contribution is 4.63. The maximum absolute atomic E-state index is 5.84. The second kappa shape index (κ2) is 12.0. The van der Waals surface area contributed by atoms with Crippen LogP contribution in [0.1, 0.15) is 85.5 Å². The Morgan fingerprint density at radius 3 is 1.89 bits per heavy atom. The molecule has 0 fully saturated rings. The Morgan fingerprint density at radius 1 is 0.722 bits per heavy atom. The van der Waals surface area contributed by atoms with E-state index in [1.807, 2.05) is 6.92 Å². The molecule has 0 N–H and O–H groups in total. The summed E-state index contributed by atoms with van der Waals surface area (Å²) in [5, 5.41) is 0. The average molecular weight is 258 g/mol. The second-order valence-corrected chi connectivity index (χ2v) is 5.29. The van der Waals surface area contributed by atoms with Crippen molar-refractivity contribution in [2.45, 2.75) is 91.3 Å². The van der Waals surface area contributed by atoms with Crippen LogP contribution in [0.25, 0.3) is 0 Å². The summed E-state index contributed by atoms with van der Waals surface area (Å²) in [7, 11) is 0. The molecule has 0 aromatic heterocycles. The summed E-state index contributed by atoms with van der Waals surface area (Å²) in [6, 6.07) is 0. The largest absolute Gasteiger partial charge is 0.351 e. The lowest BCUT2D eigenvalue weighted by Crippen LogP contribution is -2.32. The van der Waals surface area contributed by atoms with Gasteiger partial charge in [0.05, 0.1) is 0 Å². The molecule has 0 aliphatic carbocycles. The molecule has 1 unspecified atom stereocenters. The molecule has 0 saturated carbocycles. The van der Waals surface area contributed by atoms with Crippen molar-refractivity contribution < 1.29 is 9.47 Å². The van der Waals surface area contributed by atoms with Gasteiger partial charge in [0.1, 0.15) is 0 Å². The zero-order valence-electron chi connectivity index (χ0n) is 13.1. The Morgan fingerprint density at radius 2 is 1.33 bits per heavy atom. The van der Waals surface area contributed by atoms with Crippen LogP contribution in [0.5, 0.6) is 0 Å². The molecule has 18 heavy (non-hydrogen) atoms. The van der Waals surface area contributed by atoms with Gasteiger partial charge < -0.3 is 9.47 Å². The third kappa shape index (κ3) is 9.90. The van der Waals surface area contributed by atoms with Crippen LogP contribution in [-0.2, 0) is 9.47 Å². The lowest BCUT2D eigenvalue weighted by atomic mass is 10.1. The van der Waals surface area contributed by atoms with E-state index in [1.54, 1.807) is 0 Å². The first kappa shape index (κ1) is 17.9. The molecule has 0 radical (unpaired) electrons. The van der Waals surface area contributed by atoms with Gasteiger partial charge in [-0.1, -0.05) is 52.4 Å². The molecule has 0 aromatic carbocycles. The fourth-order valence-corrected chi connectivity index (χ4v) is 2.21. The van der Waals surface area contributed by atoms with E-state index >= 15 is 0 Å². The van der Waals surface area contributed by atoms with Crippen LogP contribution in [0.2, 0.25) is 0 Å². The van der Waals surface area contributed by atoms with E-state index in [4.69, 9.17) is 9.47 Å². The molecule has 110 valence electrons. The maximum atomic E-state index is 5.84. The van der Waals surface area contributed by atoms with Gasteiger partial charge in [-0.25, -0.2) is 0 Å². The van der Waals surface area contributed by atoms with Gasteiger partial charge in [0.15, 0.2) is 5.79 Å². The zero-order chi connectivity index (χ0) is 13.7. The van der Waals surface area contributed by atoms with Crippen molar-refractivity contribution in [1.29, 1.82) is 0 Å². The smallest absolute Gasteiger partial charge is 0.165 e. The minimum Gasteiger partial charge on any atom is -0.351 e. The van der Waals surface area contributed by atoms with Crippen LogP contribution in [0.4, 0.5) is 0 Å². The first-order chi connectivity index (χ1) is 8.68. The minimum absolute atomic E-state index is 0.353. The quantitative estimate of drug-likeness (QED) is 0.329. The van der Waals surface area contributed by atoms with Gasteiger partial charge in [-0.15, -0.1) is 0 Å². The maximum Gasteiger partial charge on any atom is 0.165 e. The van der Waals surface area contributed by atoms with Crippen LogP contribution in [0.15, 0.2) is 0 Å². The monoisotopic (exact) mass is 258 g/mol. The van der Waals surface area contributed by atoms with Crippen LogP contribution < -0.4 is 0 Å². The standard InChI is InChI=1S/C16H34O2/c1-5-8-9-10-11-12-13-14-16(4,17-7-3)18-15-6-2/h5-15H2,1-4H3. The molecule has 0 rings (SSSR count). The Bertz CT molecular complexity index is 170. The molecule has 0 aromatic rings. The second-order valence-electron chi connectivity index (χ2n) is 5.29. The topological polar surface area (TPSA) is 18.5 Å². The molecule has 0 amide bonds. The molecule has 0 heterocycles. The third-order valence-corrected chi connectivity index (χ3v) is 3.30. The molecule has 1 atom stereocenters. The summed E-state index contributed by atoms with van der Waals surface area (Å²) >= 11 is 0. The third-order valence-electron chi connectivity index (χ3n) is 3.30. The fraction of sp³-hybridized carbons (Fsp3) is 1.00. The average Bonchev–Trinajstić information content (AvgIpc) is 2.36. The van der Waals surface area contributed by atoms with Crippen molar-refractivity contribution in [2.75, 3.05) is 13.2 Å². The molecule has 2 heteroatoms. The molecule has 0 bridgehead atoms. The summed E-state index contributed by atoms with van der Waals surface area (Å²) < 4.78 is 11.6. The molecule has 0 saturated heterocycles. The fourth-order valence-electron chi connectivity index (χ4n) is 2.21. The van der Waals surface area contributed by atoms with Gasteiger partial charge in [0.2, 0.25) is 0 Å². The summed E-state index contributed by atoms with van der Waals surface area (Å²) in [5.41, 5.74) is 0. The first-order valence-corrected chi connectivity index (χ1v) is 7.96. The number of hydrogen-bond acceptors (Lipinski definition) is 2. The highest BCUT2D eigenvalue weighted by Gasteiger charge is 2.24. The van der Waals surface area contributed by atoms with E-state index in [1.165, 1.54) is 44.9 Å². The van der Waals surface area contributed by atoms with Crippen molar-refractivity contribution in [1.82, 2.24) is 0 Å². The van der Waals surface area contributed by atoms with E-state index < -0.39 is 0 Å². The zero-order valence-corrected chi connectivity index (χ0v) is 13.1. The molecular formula is C16H34O2. The predicted octanol–water partition coefficient (Wildman–Crippen LogP) is 5.31. The van der Waals surface area contributed by atoms with E-state index in [-0.39, 0.29) is 5.79 Å². The SMILES string of the molecule is CCCCCCCCCC(C)(OCC)OCCC. The van der Waals surface area contributed by atoms with Crippen molar-refractivity contribution in [3.63, 3.8) is 0 Å². The van der Waals surface area contributed by atoms with Crippen molar-refractivity contribution in [2.24, 2.45) is 0 Å². The van der Waals surface area contributed by atoms with Gasteiger partial charge in [0.25, 0.3) is 0 Å². The van der Waals surface area contributed by atoms with Crippen LogP contribution >= 0.6 is 0 Å². The van der Waals surface area contributed by atoms with Crippen molar-refractivity contribution in [3.8, 4) is 0 Å². The van der Waals surface area contributed by atoms with Gasteiger partial charge in [-0.3, -0.25) is 0 Å². The Labute approximate surface area is 114 Å². The van der Waals surface area contributed by atoms with Gasteiger partial charge >= 0.3 is 0 Å². The molecule has 0 aliphatic rings. The van der Waals surface area contributed by atoms with Gasteiger partial charge in [0, 0.05) is 19.6 Å². The normalized spacial score (nSPS) is 14.7. The highest BCUT2D eigenvalue weighted by Crippen LogP contribution is 2.22. The van der Waals surface area contributed by atoms with Crippen LogP contribution in [0.3, 0.4) is 0 Å². The highest BCUT2D eigenvalue weighted by atomic mass is 16.7. The number of ether oxygens (including phenoxy) is 2. The number of unbranched alkanes of at least 4 members (excludes halogenated alkanes) is 6. The van der Waals surface area contributed by atoms with Gasteiger partial charge in [-0.2, -0.15) is 0 Å². The number of rotatable bonds is 13. The lowest BCUT2D eigenvalue weighted by molar-refractivity contribution is -0.227. The molecular weight excluding hydrogens is 224 g/mol. The molecule has 0 aliphatic heterocycles. The van der Waals surface area contributed by atoms with E-state index in [0.717, 1.165) is 26.1 Å². The minimum atomic E-state index is -0.353. The van der Waals surface area contributed by atoms with E-state index in [9.17, 15) is 0 Å². The Kier molecular flexibility index (Phi) is 11.9. The van der Waals surface area contributed by atoms with Crippen LogP contribution in [-0.4, -0.2) is 19.0 Å². The van der Waals surface area contributed by atoms with Gasteiger partial charge in [-0.05, 0) is 26.7 Å². The van der Waals surface area contributed by atoms with Crippen molar-refractivity contribution in [3.05, 3.63) is 0 Å². The summed E-state index contributed by atoms with van der Waals surface area (Å²) in [5.74, 6) is -0.353. The molecule has 0 spiro atoms. The summed E-state index contributed by atoms with van der Waals surface area (Å²) in [6.45, 7) is 10.1. The predicted molar refractivity (Wildman–Crippen MR) is 78.9 cm³/mol.